The molecule has 0 saturated carbocycles. The number of hydrogen-bond donors (Lipinski definition) is 1. The molecule has 0 bridgehead atoms. The number of furan rings is 1. The first-order chi connectivity index (χ1) is 12.7. The number of nitrogens with one attached hydrogen (secondary N) is 1. The number of benzene rings is 1. The zero-order valence-electron chi connectivity index (χ0n) is 14.6. The van der Waals surface area contributed by atoms with Crippen LogP contribution in [-0.2, 0) is 13.0 Å². The lowest BCUT2D eigenvalue weighted by Gasteiger charge is -2.29. The first-order valence-corrected chi connectivity index (χ1v) is 8.72. The fourth-order valence-corrected chi connectivity index (χ4v) is 3.24. The number of carbonyl (C=O) groups excluding carboxylic acids is 1. The molecule has 6 heteroatoms. The Kier molecular flexibility index (Phi) is 4.39. The number of anilines is 2. The van der Waals surface area contributed by atoms with Crippen LogP contribution in [0.25, 0.3) is 0 Å². The SMILES string of the molecule is Cc1nc(NCc2ccco2)cc(C(=O)N2CCCc3ccccc32)n1. The predicted octanol–water partition coefficient (Wildman–Crippen LogP) is 3.58. The third-order valence-corrected chi connectivity index (χ3v) is 4.44. The number of amides is 1. The summed E-state index contributed by atoms with van der Waals surface area (Å²) in [4.78, 5) is 23.6. The highest BCUT2D eigenvalue weighted by molar-refractivity contribution is 6.05. The normalized spacial score (nSPS) is 13.3. The molecule has 1 aliphatic rings. The molecular formula is C20H20N4O2. The first kappa shape index (κ1) is 16.3. The van der Waals surface area contributed by atoms with Crippen LogP contribution in [0.5, 0.6) is 0 Å². The third-order valence-electron chi connectivity index (χ3n) is 4.44. The zero-order valence-corrected chi connectivity index (χ0v) is 14.6. The zero-order chi connectivity index (χ0) is 17.9. The Morgan fingerprint density at radius 2 is 2.12 bits per heavy atom. The van der Waals surface area contributed by atoms with Crippen molar-refractivity contribution in [1.29, 1.82) is 0 Å². The minimum Gasteiger partial charge on any atom is -0.467 e. The Morgan fingerprint density at radius 3 is 2.96 bits per heavy atom. The smallest absolute Gasteiger partial charge is 0.277 e. The van der Waals surface area contributed by atoms with Crippen molar-refractivity contribution in [3.05, 3.63) is 71.6 Å². The predicted molar refractivity (Wildman–Crippen MR) is 99.2 cm³/mol. The number of rotatable bonds is 4. The van der Waals surface area contributed by atoms with E-state index in [2.05, 4.69) is 21.4 Å². The van der Waals surface area contributed by atoms with E-state index in [1.807, 2.05) is 35.2 Å². The van der Waals surface area contributed by atoms with Crippen LogP contribution in [0.1, 0.15) is 34.1 Å². The van der Waals surface area contributed by atoms with Gasteiger partial charge in [-0.05, 0) is 43.5 Å². The van der Waals surface area contributed by atoms with E-state index in [9.17, 15) is 4.79 Å². The number of hydrogen-bond acceptors (Lipinski definition) is 5. The minimum absolute atomic E-state index is 0.0938. The number of nitrogens with zero attached hydrogens (tertiary/aromatic N) is 3. The van der Waals surface area contributed by atoms with Gasteiger partial charge in [0.2, 0.25) is 0 Å². The van der Waals surface area contributed by atoms with Gasteiger partial charge in [0.15, 0.2) is 0 Å². The van der Waals surface area contributed by atoms with E-state index >= 15 is 0 Å². The van der Waals surface area contributed by atoms with Gasteiger partial charge in [0, 0.05) is 18.3 Å². The molecule has 6 nitrogen and oxygen atoms in total. The lowest BCUT2D eigenvalue weighted by molar-refractivity contribution is 0.0980. The maximum Gasteiger partial charge on any atom is 0.277 e. The average molecular weight is 348 g/mol. The van der Waals surface area contributed by atoms with Crippen LogP contribution in [0.2, 0.25) is 0 Å². The van der Waals surface area contributed by atoms with E-state index in [0.717, 1.165) is 24.3 Å². The molecule has 0 radical (unpaired) electrons. The summed E-state index contributed by atoms with van der Waals surface area (Å²) in [5.41, 5.74) is 2.58. The van der Waals surface area contributed by atoms with Crippen molar-refractivity contribution >= 4 is 17.4 Å². The number of aromatic nitrogens is 2. The van der Waals surface area contributed by atoms with Crippen LogP contribution >= 0.6 is 0 Å². The quantitative estimate of drug-likeness (QED) is 0.780. The number of fused-ring (bicyclic) bond motifs is 1. The Balaban J connectivity index is 1.58. The lowest BCUT2D eigenvalue weighted by Crippen LogP contribution is -2.36. The van der Waals surface area contributed by atoms with Crippen LogP contribution in [0.4, 0.5) is 11.5 Å². The molecule has 0 atom stereocenters. The summed E-state index contributed by atoms with van der Waals surface area (Å²) < 4.78 is 5.32. The van der Waals surface area contributed by atoms with Crippen molar-refractivity contribution in [2.75, 3.05) is 16.8 Å². The third kappa shape index (κ3) is 3.31. The van der Waals surface area contributed by atoms with E-state index in [0.29, 0.717) is 30.4 Å². The molecule has 0 saturated heterocycles. The second-order valence-corrected chi connectivity index (χ2v) is 6.31. The van der Waals surface area contributed by atoms with Crippen LogP contribution in [0.3, 0.4) is 0 Å². The highest BCUT2D eigenvalue weighted by Crippen LogP contribution is 2.28. The standard InChI is InChI=1S/C20H20N4O2/c1-14-22-17(12-19(23-14)21-13-16-8-5-11-26-16)20(25)24-10-4-7-15-6-2-3-9-18(15)24/h2-3,5-6,8-9,11-12H,4,7,10,13H2,1H3,(H,21,22,23). The molecule has 4 rings (SSSR count). The van der Waals surface area contributed by atoms with Crippen LogP contribution in [-0.4, -0.2) is 22.4 Å². The van der Waals surface area contributed by atoms with Crippen LogP contribution in [0, 0.1) is 6.92 Å². The van der Waals surface area contributed by atoms with Gasteiger partial charge in [0.05, 0.1) is 12.8 Å². The average Bonchev–Trinajstić information content (AvgIpc) is 3.18. The van der Waals surface area contributed by atoms with Gasteiger partial charge in [-0.1, -0.05) is 18.2 Å². The van der Waals surface area contributed by atoms with Gasteiger partial charge in [-0.15, -0.1) is 0 Å². The van der Waals surface area contributed by atoms with Crippen molar-refractivity contribution in [3.8, 4) is 0 Å². The second-order valence-electron chi connectivity index (χ2n) is 6.31. The van der Waals surface area contributed by atoms with Crippen LogP contribution < -0.4 is 10.2 Å². The molecule has 26 heavy (non-hydrogen) atoms. The van der Waals surface area contributed by atoms with Gasteiger partial charge >= 0.3 is 0 Å². The van der Waals surface area contributed by atoms with Gasteiger partial charge < -0.3 is 14.6 Å². The Morgan fingerprint density at radius 1 is 1.23 bits per heavy atom. The van der Waals surface area contributed by atoms with Crippen molar-refractivity contribution in [3.63, 3.8) is 0 Å². The summed E-state index contributed by atoms with van der Waals surface area (Å²) in [6, 6.07) is 13.5. The van der Waals surface area contributed by atoms with Crippen molar-refractivity contribution in [2.45, 2.75) is 26.3 Å². The maximum atomic E-state index is 13.1. The summed E-state index contributed by atoms with van der Waals surface area (Å²) in [5.74, 6) is 1.88. The number of carbonyl (C=O) groups is 1. The Labute approximate surface area is 151 Å². The molecule has 1 aromatic carbocycles. The molecule has 1 amide bonds. The highest BCUT2D eigenvalue weighted by Gasteiger charge is 2.24. The molecule has 0 fully saturated rings. The van der Waals surface area contributed by atoms with E-state index in [1.165, 1.54) is 5.56 Å². The van der Waals surface area contributed by atoms with Gasteiger partial charge in [-0.3, -0.25) is 4.79 Å². The van der Waals surface area contributed by atoms with E-state index in [4.69, 9.17) is 4.42 Å². The van der Waals surface area contributed by atoms with E-state index < -0.39 is 0 Å². The van der Waals surface area contributed by atoms with Gasteiger partial charge in [-0.2, -0.15) is 0 Å². The first-order valence-electron chi connectivity index (χ1n) is 8.72. The maximum absolute atomic E-state index is 13.1. The van der Waals surface area contributed by atoms with Gasteiger partial charge in [0.25, 0.3) is 5.91 Å². The lowest BCUT2D eigenvalue weighted by atomic mass is 10.0. The molecule has 132 valence electrons. The molecule has 0 aliphatic carbocycles. The number of para-hydroxylation sites is 1. The van der Waals surface area contributed by atoms with Crippen molar-refractivity contribution in [2.24, 2.45) is 0 Å². The molecule has 3 aromatic rings. The van der Waals surface area contributed by atoms with Gasteiger partial charge in [0.1, 0.15) is 23.1 Å². The molecule has 0 spiro atoms. The molecule has 0 unspecified atom stereocenters. The topological polar surface area (TPSA) is 71.3 Å². The van der Waals surface area contributed by atoms with Crippen LogP contribution in [0.15, 0.2) is 53.1 Å². The Hall–Kier alpha value is -3.15. The monoisotopic (exact) mass is 348 g/mol. The second kappa shape index (κ2) is 7.00. The molecule has 1 aliphatic heterocycles. The summed E-state index contributed by atoms with van der Waals surface area (Å²) >= 11 is 0. The van der Waals surface area contributed by atoms with Crippen molar-refractivity contribution in [1.82, 2.24) is 9.97 Å². The molecule has 2 aromatic heterocycles. The molecular weight excluding hydrogens is 328 g/mol. The summed E-state index contributed by atoms with van der Waals surface area (Å²) in [5, 5.41) is 3.19. The van der Waals surface area contributed by atoms with Crippen molar-refractivity contribution < 1.29 is 9.21 Å². The fourth-order valence-electron chi connectivity index (χ4n) is 3.24. The summed E-state index contributed by atoms with van der Waals surface area (Å²) in [6.45, 7) is 3.00. The Bertz CT molecular complexity index is 921. The van der Waals surface area contributed by atoms with Gasteiger partial charge in [-0.25, -0.2) is 9.97 Å². The van der Waals surface area contributed by atoms with E-state index in [1.54, 1.807) is 19.3 Å². The fraction of sp³-hybridized carbons (Fsp3) is 0.250. The largest absolute Gasteiger partial charge is 0.467 e. The summed E-state index contributed by atoms with van der Waals surface area (Å²) in [6.07, 6.45) is 3.58. The summed E-state index contributed by atoms with van der Waals surface area (Å²) in [7, 11) is 0. The number of aryl methyl sites for hydroxylation is 2. The minimum atomic E-state index is -0.0938. The highest BCUT2D eigenvalue weighted by atomic mass is 16.3. The molecule has 1 N–H and O–H groups in total. The van der Waals surface area contributed by atoms with E-state index in [-0.39, 0.29) is 5.91 Å². The molecule has 3 heterocycles.